The van der Waals surface area contributed by atoms with E-state index in [1.165, 1.54) is 12.1 Å². The van der Waals surface area contributed by atoms with E-state index in [-0.39, 0.29) is 11.3 Å². The average Bonchev–Trinajstić information content (AvgIpc) is 2.03. The van der Waals surface area contributed by atoms with Crippen molar-refractivity contribution in [2.75, 3.05) is 0 Å². The fourth-order valence-corrected chi connectivity index (χ4v) is 1.27. The molecular formula is C8H5F2IO2. The molecule has 0 amide bonds. The zero-order valence-electron chi connectivity index (χ0n) is 6.34. The monoisotopic (exact) mass is 298 g/mol. The summed E-state index contributed by atoms with van der Waals surface area (Å²) in [6.07, 6.45) is 0.480. The second-order valence-corrected chi connectivity index (χ2v) is 3.42. The number of aldehydes is 1. The molecule has 0 radical (unpaired) electrons. The molecule has 0 unspecified atom stereocenters. The third-order valence-electron chi connectivity index (χ3n) is 1.32. The van der Waals surface area contributed by atoms with Gasteiger partial charge in [0.15, 0.2) is 6.29 Å². The highest BCUT2D eigenvalue weighted by atomic mass is 127. The average molecular weight is 298 g/mol. The number of carbonyl (C=O) groups is 1. The first kappa shape index (κ1) is 10.4. The molecule has 1 rings (SSSR count). The van der Waals surface area contributed by atoms with Gasteiger partial charge in [-0.1, -0.05) is 0 Å². The lowest BCUT2D eigenvalue weighted by molar-refractivity contribution is -0.0501. The molecule has 13 heavy (non-hydrogen) atoms. The molecule has 0 N–H and O–H groups in total. The third kappa shape index (κ3) is 2.91. The van der Waals surface area contributed by atoms with E-state index in [1.807, 2.05) is 22.6 Å². The standard InChI is InChI=1S/C8H5F2IO2/c9-8(10)13-7-3-6(11)2-1-5(7)4-12/h1-4,8H. The van der Waals surface area contributed by atoms with Crippen LogP contribution in [-0.4, -0.2) is 12.9 Å². The van der Waals surface area contributed by atoms with Gasteiger partial charge in [-0.15, -0.1) is 0 Å². The molecule has 0 spiro atoms. The van der Waals surface area contributed by atoms with Crippen LogP contribution >= 0.6 is 22.6 Å². The lowest BCUT2D eigenvalue weighted by atomic mass is 10.2. The Kier molecular flexibility index (Phi) is 3.58. The molecule has 0 aromatic heterocycles. The molecule has 5 heteroatoms. The quantitative estimate of drug-likeness (QED) is 0.633. The summed E-state index contributed by atoms with van der Waals surface area (Å²) in [6, 6.07) is 4.46. The van der Waals surface area contributed by atoms with Crippen molar-refractivity contribution in [3.63, 3.8) is 0 Å². The van der Waals surface area contributed by atoms with E-state index in [0.29, 0.717) is 6.29 Å². The minimum atomic E-state index is -2.91. The molecule has 0 saturated carbocycles. The van der Waals surface area contributed by atoms with Gasteiger partial charge in [-0.2, -0.15) is 8.78 Å². The number of ether oxygens (including phenoxy) is 1. The summed E-state index contributed by atoms with van der Waals surface area (Å²) in [7, 11) is 0. The molecule has 0 saturated heterocycles. The van der Waals surface area contributed by atoms with E-state index < -0.39 is 6.61 Å². The van der Waals surface area contributed by atoms with Crippen molar-refractivity contribution in [2.24, 2.45) is 0 Å². The summed E-state index contributed by atoms with van der Waals surface area (Å²) < 4.78 is 28.5. The molecule has 0 heterocycles. The van der Waals surface area contributed by atoms with Gasteiger partial charge < -0.3 is 4.74 Å². The van der Waals surface area contributed by atoms with Crippen LogP contribution in [0.15, 0.2) is 18.2 Å². The highest BCUT2D eigenvalue weighted by Crippen LogP contribution is 2.21. The number of benzene rings is 1. The molecule has 0 aliphatic heterocycles. The van der Waals surface area contributed by atoms with Crippen LogP contribution in [0.4, 0.5) is 8.78 Å². The van der Waals surface area contributed by atoms with E-state index >= 15 is 0 Å². The number of rotatable bonds is 3. The molecule has 70 valence electrons. The number of hydrogen-bond acceptors (Lipinski definition) is 2. The van der Waals surface area contributed by atoms with Gasteiger partial charge in [-0.05, 0) is 40.8 Å². The fraction of sp³-hybridized carbons (Fsp3) is 0.125. The van der Waals surface area contributed by atoms with Crippen LogP contribution in [0.3, 0.4) is 0 Å². The van der Waals surface area contributed by atoms with Crippen LogP contribution in [0.1, 0.15) is 10.4 Å². The van der Waals surface area contributed by atoms with E-state index in [0.717, 1.165) is 3.57 Å². The Balaban J connectivity index is 3.01. The minimum Gasteiger partial charge on any atom is -0.434 e. The fourth-order valence-electron chi connectivity index (χ4n) is 0.804. The molecule has 0 fully saturated rings. The molecule has 1 aromatic rings. The zero-order chi connectivity index (χ0) is 9.84. The molecule has 0 aliphatic rings. The van der Waals surface area contributed by atoms with Crippen LogP contribution in [-0.2, 0) is 0 Å². The van der Waals surface area contributed by atoms with E-state index in [9.17, 15) is 13.6 Å². The van der Waals surface area contributed by atoms with Gasteiger partial charge in [0.25, 0.3) is 0 Å². The van der Waals surface area contributed by atoms with Gasteiger partial charge >= 0.3 is 6.61 Å². The van der Waals surface area contributed by atoms with Crippen LogP contribution < -0.4 is 4.74 Å². The van der Waals surface area contributed by atoms with Gasteiger partial charge in [0.1, 0.15) is 5.75 Å². The summed E-state index contributed by atoms with van der Waals surface area (Å²) in [5.41, 5.74) is 0.126. The largest absolute Gasteiger partial charge is 0.434 e. The summed E-state index contributed by atoms with van der Waals surface area (Å²) >= 11 is 1.94. The summed E-state index contributed by atoms with van der Waals surface area (Å²) in [6.45, 7) is -2.91. The van der Waals surface area contributed by atoms with Gasteiger partial charge in [0, 0.05) is 3.57 Å². The van der Waals surface area contributed by atoms with Crippen LogP contribution in [0.5, 0.6) is 5.75 Å². The summed E-state index contributed by atoms with van der Waals surface area (Å²) in [5.74, 6) is -0.0862. The predicted molar refractivity (Wildman–Crippen MR) is 51.2 cm³/mol. The van der Waals surface area contributed by atoms with Crippen molar-refractivity contribution in [1.82, 2.24) is 0 Å². The molecule has 2 nitrogen and oxygen atoms in total. The number of alkyl halides is 2. The SMILES string of the molecule is O=Cc1ccc(I)cc1OC(F)F. The lowest BCUT2D eigenvalue weighted by Gasteiger charge is -2.06. The minimum absolute atomic E-state index is 0.0862. The van der Waals surface area contributed by atoms with Crippen molar-refractivity contribution in [3.8, 4) is 5.75 Å². The molecule has 0 aliphatic carbocycles. The van der Waals surface area contributed by atoms with Crippen molar-refractivity contribution < 1.29 is 18.3 Å². The number of halogens is 3. The molecule has 0 bridgehead atoms. The third-order valence-corrected chi connectivity index (χ3v) is 1.99. The van der Waals surface area contributed by atoms with Crippen molar-refractivity contribution in [2.45, 2.75) is 6.61 Å². The highest BCUT2D eigenvalue weighted by molar-refractivity contribution is 14.1. The normalized spacial score (nSPS) is 10.2. The zero-order valence-corrected chi connectivity index (χ0v) is 8.49. The van der Waals surface area contributed by atoms with E-state index in [2.05, 4.69) is 4.74 Å². The lowest BCUT2D eigenvalue weighted by Crippen LogP contribution is -2.04. The molecular weight excluding hydrogens is 293 g/mol. The smallest absolute Gasteiger partial charge is 0.387 e. The summed E-state index contributed by atoms with van der Waals surface area (Å²) in [4.78, 5) is 10.4. The van der Waals surface area contributed by atoms with Gasteiger partial charge in [-0.25, -0.2) is 0 Å². The first-order valence-electron chi connectivity index (χ1n) is 3.33. The van der Waals surface area contributed by atoms with Crippen LogP contribution in [0.2, 0.25) is 0 Å². The Hall–Kier alpha value is -0.720. The summed E-state index contributed by atoms with van der Waals surface area (Å²) in [5, 5.41) is 0. The highest BCUT2D eigenvalue weighted by Gasteiger charge is 2.09. The van der Waals surface area contributed by atoms with Gasteiger partial charge in [-0.3, -0.25) is 4.79 Å². The van der Waals surface area contributed by atoms with E-state index in [4.69, 9.17) is 0 Å². The first-order valence-corrected chi connectivity index (χ1v) is 4.41. The molecule has 0 atom stereocenters. The Bertz CT molecular complexity index is 315. The van der Waals surface area contributed by atoms with Crippen LogP contribution in [0, 0.1) is 3.57 Å². The topological polar surface area (TPSA) is 26.3 Å². The Morgan fingerprint density at radius 2 is 2.15 bits per heavy atom. The Morgan fingerprint density at radius 3 is 2.69 bits per heavy atom. The van der Waals surface area contributed by atoms with Crippen molar-refractivity contribution >= 4 is 28.9 Å². The maximum absolute atomic E-state index is 11.8. The maximum Gasteiger partial charge on any atom is 0.387 e. The molecule has 1 aromatic carbocycles. The van der Waals surface area contributed by atoms with Gasteiger partial charge in [0.05, 0.1) is 5.56 Å². The van der Waals surface area contributed by atoms with Crippen molar-refractivity contribution in [1.29, 1.82) is 0 Å². The van der Waals surface area contributed by atoms with Gasteiger partial charge in [0.2, 0.25) is 0 Å². The Labute approximate surface area is 87.0 Å². The number of carbonyl (C=O) groups excluding carboxylic acids is 1. The number of hydrogen-bond donors (Lipinski definition) is 0. The first-order chi connectivity index (χ1) is 6.13. The second kappa shape index (κ2) is 4.50. The van der Waals surface area contributed by atoms with Crippen molar-refractivity contribution in [3.05, 3.63) is 27.3 Å². The predicted octanol–water partition coefficient (Wildman–Crippen LogP) is 2.71. The second-order valence-electron chi connectivity index (χ2n) is 2.18. The maximum atomic E-state index is 11.8. The van der Waals surface area contributed by atoms with Crippen LogP contribution in [0.25, 0.3) is 0 Å². The Morgan fingerprint density at radius 1 is 1.46 bits per heavy atom. The van der Waals surface area contributed by atoms with E-state index in [1.54, 1.807) is 6.07 Å².